The first-order valence-corrected chi connectivity index (χ1v) is 13.3. The molecule has 2 aromatic carbocycles. The number of carbonyl (C=O) groups excluding carboxylic acids is 2. The third-order valence-corrected chi connectivity index (χ3v) is 8.60. The van der Waals surface area contributed by atoms with Crippen LogP contribution in [0.2, 0.25) is 0 Å². The molecule has 8 heteroatoms. The molecule has 4 aliphatic rings. The van der Waals surface area contributed by atoms with Gasteiger partial charge in [0.25, 0.3) is 5.91 Å². The average Bonchev–Trinajstić information content (AvgIpc) is 3.11. The SMILES string of the molecule is O=C(C[N+]12CCC(CC1)C(OC(=O)C1(c3ccccc3)CCCCCC1)C2)Nc1cc(F)cc(F)c1.[Br-]. The molecule has 4 fully saturated rings. The van der Waals surface area contributed by atoms with E-state index in [1.807, 2.05) is 18.2 Å². The van der Waals surface area contributed by atoms with Gasteiger partial charge in [0.05, 0.1) is 18.5 Å². The van der Waals surface area contributed by atoms with Gasteiger partial charge in [0, 0.05) is 30.5 Å². The van der Waals surface area contributed by atoms with Gasteiger partial charge in [0.15, 0.2) is 12.6 Å². The van der Waals surface area contributed by atoms with E-state index >= 15 is 0 Å². The number of nitrogens with zero attached hydrogens (tertiary/aromatic N) is 1. The summed E-state index contributed by atoms with van der Waals surface area (Å²) in [7, 11) is 0. The molecular formula is C29H35BrF2N2O3. The van der Waals surface area contributed by atoms with Crippen molar-refractivity contribution in [2.24, 2.45) is 5.92 Å². The molecule has 3 heterocycles. The van der Waals surface area contributed by atoms with Gasteiger partial charge in [0.2, 0.25) is 0 Å². The molecule has 3 saturated heterocycles. The number of esters is 1. The number of hydrogen-bond donors (Lipinski definition) is 1. The van der Waals surface area contributed by atoms with Crippen LogP contribution in [0.15, 0.2) is 48.5 Å². The van der Waals surface area contributed by atoms with E-state index in [9.17, 15) is 18.4 Å². The summed E-state index contributed by atoms with van der Waals surface area (Å²) in [6, 6.07) is 13.1. The maximum atomic E-state index is 13.9. The largest absolute Gasteiger partial charge is 1.00 e. The van der Waals surface area contributed by atoms with Crippen molar-refractivity contribution in [1.82, 2.24) is 0 Å². The molecule has 1 unspecified atom stereocenters. The second-order valence-corrected chi connectivity index (χ2v) is 11.0. The Bertz CT molecular complexity index is 1080. The van der Waals surface area contributed by atoms with Crippen LogP contribution in [0.25, 0.3) is 0 Å². The minimum absolute atomic E-state index is 0. The summed E-state index contributed by atoms with van der Waals surface area (Å²) < 4.78 is 34.0. The molecule has 0 aromatic heterocycles. The minimum atomic E-state index is -0.728. The quantitative estimate of drug-likeness (QED) is 0.326. The molecule has 1 saturated carbocycles. The first kappa shape index (κ1) is 27.7. The van der Waals surface area contributed by atoms with Crippen molar-refractivity contribution in [3.8, 4) is 0 Å². The number of rotatable bonds is 6. The van der Waals surface area contributed by atoms with Gasteiger partial charge in [-0.3, -0.25) is 9.59 Å². The van der Waals surface area contributed by atoms with Gasteiger partial charge in [-0.2, -0.15) is 0 Å². The number of nitrogens with one attached hydrogen (secondary N) is 1. The van der Waals surface area contributed by atoms with Crippen LogP contribution in [-0.4, -0.2) is 48.6 Å². The van der Waals surface area contributed by atoms with Gasteiger partial charge in [-0.05, 0) is 30.5 Å². The first-order chi connectivity index (χ1) is 17.4. The molecule has 6 rings (SSSR count). The molecule has 1 aliphatic carbocycles. The molecule has 0 spiro atoms. The van der Waals surface area contributed by atoms with Gasteiger partial charge in [0.1, 0.15) is 18.2 Å². The van der Waals surface area contributed by atoms with Crippen LogP contribution in [-0.2, 0) is 19.7 Å². The summed E-state index contributed by atoms with van der Waals surface area (Å²) in [6.07, 6.45) is 7.49. The second-order valence-electron chi connectivity index (χ2n) is 11.0. The van der Waals surface area contributed by atoms with Crippen molar-refractivity contribution in [3.05, 3.63) is 65.7 Å². The number of piperidine rings is 3. The fourth-order valence-corrected chi connectivity index (χ4v) is 6.66. The Hall–Kier alpha value is -2.32. The predicted molar refractivity (Wildman–Crippen MR) is 133 cm³/mol. The molecule has 0 radical (unpaired) electrons. The van der Waals surface area contributed by atoms with Crippen LogP contribution in [0.4, 0.5) is 14.5 Å². The summed E-state index contributed by atoms with van der Waals surface area (Å²) in [5.74, 6) is -1.54. The van der Waals surface area contributed by atoms with E-state index in [0.717, 1.165) is 88.2 Å². The molecule has 3 aliphatic heterocycles. The van der Waals surface area contributed by atoms with Crippen LogP contribution < -0.4 is 22.3 Å². The summed E-state index contributed by atoms with van der Waals surface area (Å²) in [6.45, 7) is 2.48. The summed E-state index contributed by atoms with van der Waals surface area (Å²) in [5, 5.41) is 2.65. The third-order valence-electron chi connectivity index (χ3n) is 8.60. The van der Waals surface area contributed by atoms with Crippen LogP contribution in [0.1, 0.15) is 56.9 Å². The number of benzene rings is 2. The lowest BCUT2D eigenvalue weighted by Crippen LogP contribution is -3.00. The van der Waals surface area contributed by atoms with Gasteiger partial charge < -0.3 is 31.5 Å². The number of quaternary nitrogens is 1. The van der Waals surface area contributed by atoms with Gasteiger partial charge in [-0.1, -0.05) is 56.0 Å². The number of hydrogen-bond acceptors (Lipinski definition) is 3. The molecule has 37 heavy (non-hydrogen) atoms. The number of amides is 1. The zero-order chi connectivity index (χ0) is 25.2. The van der Waals surface area contributed by atoms with Gasteiger partial charge in [-0.25, -0.2) is 8.78 Å². The fourth-order valence-electron chi connectivity index (χ4n) is 6.66. The molecule has 2 bridgehead atoms. The van der Waals surface area contributed by atoms with Crippen molar-refractivity contribution >= 4 is 17.6 Å². The van der Waals surface area contributed by atoms with E-state index < -0.39 is 17.0 Å². The van der Waals surface area contributed by atoms with Crippen molar-refractivity contribution in [2.75, 3.05) is 31.5 Å². The normalized spacial score (nSPS) is 26.4. The van der Waals surface area contributed by atoms with Crippen LogP contribution in [0, 0.1) is 17.6 Å². The van der Waals surface area contributed by atoms with Crippen molar-refractivity contribution in [1.29, 1.82) is 0 Å². The zero-order valence-electron chi connectivity index (χ0n) is 21.1. The van der Waals surface area contributed by atoms with E-state index in [1.54, 1.807) is 0 Å². The Morgan fingerprint density at radius 1 is 0.946 bits per heavy atom. The van der Waals surface area contributed by atoms with Gasteiger partial charge >= 0.3 is 5.97 Å². The van der Waals surface area contributed by atoms with Crippen molar-refractivity contribution in [3.63, 3.8) is 0 Å². The molecule has 200 valence electrons. The Labute approximate surface area is 227 Å². The molecule has 2 aromatic rings. The van der Waals surface area contributed by atoms with Crippen molar-refractivity contribution < 1.29 is 44.6 Å². The number of fused-ring (bicyclic) bond motifs is 3. The predicted octanol–water partition coefficient (Wildman–Crippen LogP) is 2.35. The molecular weight excluding hydrogens is 542 g/mol. The average molecular weight is 578 g/mol. The van der Waals surface area contributed by atoms with E-state index in [1.165, 1.54) is 0 Å². The highest BCUT2D eigenvalue weighted by atomic mass is 79.9. The van der Waals surface area contributed by atoms with Crippen LogP contribution in [0.3, 0.4) is 0 Å². The van der Waals surface area contributed by atoms with Crippen LogP contribution >= 0.6 is 0 Å². The highest BCUT2D eigenvalue weighted by molar-refractivity contribution is 5.91. The van der Waals surface area contributed by atoms with E-state index in [-0.39, 0.29) is 47.2 Å². The van der Waals surface area contributed by atoms with Crippen molar-refractivity contribution in [2.45, 2.75) is 62.9 Å². The lowest BCUT2D eigenvalue weighted by molar-refractivity contribution is -0.939. The summed E-state index contributed by atoms with van der Waals surface area (Å²) in [5.41, 5.74) is 0.556. The molecule has 5 nitrogen and oxygen atoms in total. The van der Waals surface area contributed by atoms with E-state index in [2.05, 4.69) is 17.4 Å². The topological polar surface area (TPSA) is 55.4 Å². The maximum Gasteiger partial charge on any atom is 0.317 e. The number of ether oxygens (including phenoxy) is 1. The monoisotopic (exact) mass is 576 g/mol. The first-order valence-electron chi connectivity index (χ1n) is 13.3. The smallest absolute Gasteiger partial charge is 0.317 e. The minimum Gasteiger partial charge on any atom is -1.00 e. The Morgan fingerprint density at radius 3 is 2.19 bits per heavy atom. The standard InChI is InChI=1S/C29H34F2N2O3.BrH/c30-23-16-24(31)18-25(17-23)32-27(34)20-33-14-10-21(11-15-33)26(19-33)36-28(35)29(12-6-1-2-7-13-29)22-8-4-3-5-9-22;/h3-5,8-9,16-18,21,26H,1-2,6-7,10-15,19-20H2;1H. The Kier molecular flexibility index (Phi) is 8.69. The summed E-state index contributed by atoms with van der Waals surface area (Å²) in [4.78, 5) is 26.7. The summed E-state index contributed by atoms with van der Waals surface area (Å²) >= 11 is 0. The van der Waals surface area contributed by atoms with E-state index in [4.69, 9.17) is 4.74 Å². The molecule has 1 N–H and O–H groups in total. The van der Waals surface area contributed by atoms with Gasteiger partial charge in [-0.15, -0.1) is 0 Å². The lowest BCUT2D eigenvalue weighted by Gasteiger charge is -2.52. The molecule has 1 atom stereocenters. The Morgan fingerprint density at radius 2 is 1.57 bits per heavy atom. The Balaban J connectivity index is 0.00000320. The van der Waals surface area contributed by atoms with E-state index in [0.29, 0.717) is 16.9 Å². The van der Waals surface area contributed by atoms with Crippen LogP contribution in [0.5, 0.6) is 0 Å². The number of halogens is 3. The fraction of sp³-hybridized carbons (Fsp3) is 0.517. The second kappa shape index (κ2) is 11.6. The highest BCUT2D eigenvalue weighted by Crippen LogP contribution is 2.42. The zero-order valence-corrected chi connectivity index (χ0v) is 22.7. The molecule has 1 amide bonds. The maximum absolute atomic E-state index is 13.9. The lowest BCUT2D eigenvalue weighted by atomic mass is 9.74. The highest BCUT2D eigenvalue weighted by Gasteiger charge is 2.51. The number of carbonyl (C=O) groups is 2. The number of anilines is 1. The third kappa shape index (κ3) is 6.06.